The van der Waals surface area contributed by atoms with Gasteiger partial charge in [-0.05, 0) is 12.5 Å². The minimum atomic E-state index is -0.233. The summed E-state index contributed by atoms with van der Waals surface area (Å²) >= 11 is 0. The van der Waals surface area contributed by atoms with Gasteiger partial charge in [0.15, 0.2) is 11.2 Å². The van der Waals surface area contributed by atoms with Crippen molar-refractivity contribution < 1.29 is 0 Å². The normalized spacial score (nSPS) is 12.7. The molecular weight excluding hydrogens is 294 g/mol. The molecule has 0 aromatic carbocycles. The highest BCUT2D eigenvalue weighted by molar-refractivity contribution is 5.67. The van der Waals surface area contributed by atoms with E-state index in [1.807, 2.05) is 29.8 Å². The highest BCUT2D eigenvalue weighted by Crippen LogP contribution is 2.19. The molecule has 0 N–H and O–H groups in total. The molecule has 0 spiro atoms. The van der Waals surface area contributed by atoms with E-state index in [9.17, 15) is 4.79 Å². The number of rotatable bonds is 3. The zero-order valence-electron chi connectivity index (χ0n) is 12.4. The smallest absolute Gasteiger partial charge is 0.282 e. The van der Waals surface area contributed by atoms with Crippen LogP contribution in [0.3, 0.4) is 0 Å². The van der Waals surface area contributed by atoms with Crippen molar-refractivity contribution in [3.05, 3.63) is 59.4 Å². The molecule has 8 heteroatoms. The highest BCUT2D eigenvalue weighted by Gasteiger charge is 2.19. The van der Waals surface area contributed by atoms with Crippen LogP contribution in [-0.4, -0.2) is 33.9 Å². The van der Waals surface area contributed by atoms with Crippen molar-refractivity contribution in [2.75, 3.05) is 0 Å². The van der Waals surface area contributed by atoms with E-state index >= 15 is 0 Å². The fourth-order valence-electron chi connectivity index (χ4n) is 2.65. The molecule has 1 atom stereocenters. The van der Waals surface area contributed by atoms with Crippen LogP contribution in [0, 0.1) is 0 Å². The molecule has 114 valence electrons. The Bertz CT molecular complexity index is 1020. The second-order valence-electron chi connectivity index (χ2n) is 5.10. The maximum Gasteiger partial charge on any atom is 0.282 e. The number of imidazole rings is 1. The lowest BCUT2D eigenvalue weighted by Crippen LogP contribution is -2.26. The summed E-state index contributed by atoms with van der Waals surface area (Å²) < 4.78 is 3.39. The van der Waals surface area contributed by atoms with Gasteiger partial charge in [0.25, 0.3) is 5.56 Å². The summed E-state index contributed by atoms with van der Waals surface area (Å²) in [6.45, 7) is 2.00. The van der Waals surface area contributed by atoms with Gasteiger partial charge in [0.05, 0.1) is 11.7 Å². The molecule has 23 heavy (non-hydrogen) atoms. The molecule has 4 aromatic heterocycles. The van der Waals surface area contributed by atoms with Crippen LogP contribution in [0.2, 0.25) is 0 Å². The van der Waals surface area contributed by atoms with Crippen LogP contribution < -0.4 is 5.56 Å². The predicted octanol–water partition coefficient (Wildman–Crippen LogP) is 1.23. The topological polar surface area (TPSA) is 90.9 Å². The van der Waals surface area contributed by atoms with Crippen molar-refractivity contribution in [2.45, 2.75) is 19.4 Å². The van der Waals surface area contributed by atoms with Crippen molar-refractivity contribution in [3.63, 3.8) is 0 Å². The molecule has 0 fully saturated rings. The zero-order chi connectivity index (χ0) is 15.8. The van der Waals surface area contributed by atoms with Gasteiger partial charge in [-0.1, -0.05) is 6.92 Å². The zero-order valence-corrected chi connectivity index (χ0v) is 12.4. The van der Waals surface area contributed by atoms with Crippen molar-refractivity contribution in [2.24, 2.45) is 0 Å². The van der Waals surface area contributed by atoms with E-state index in [-0.39, 0.29) is 17.1 Å². The first-order valence-electron chi connectivity index (χ1n) is 7.25. The lowest BCUT2D eigenvalue weighted by molar-refractivity contribution is 0.532. The minimum Gasteiger partial charge on any atom is -0.291 e. The predicted molar refractivity (Wildman–Crippen MR) is 83.0 cm³/mol. The molecule has 8 nitrogen and oxygen atoms in total. The molecule has 4 rings (SSSR count). The van der Waals surface area contributed by atoms with Crippen LogP contribution in [0.4, 0.5) is 0 Å². The first-order valence-corrected chi connectivity index (χ1v) is 7.25. The van der Waals surface area contributed by atoms with Crippen molar-refractivity contribution >= 4 is 16.9 Å². The fourth-order valence-corrected chi connectivity index (χ4v) is 2.65. The summed E-state index contributed by atoms with van der Waals surface area (Å²) in [7, 11) is 0. The van der Waals surface area contributed by atoms with E-state index in [0.29, 0.717) is 17.8 Å². The maximum absolute atomic E-state index is 12.7. The molecule has 0 aliphatic heterocycles. The molecular formula is C15H13N7O. The third-order valence-electron chi connectivity index (χ3n) is 3.74. The van der Waals surface area contributed by atoms with E-state index in [2.05, 4.69) is 24.9 Å². The SMILES string of the molecule is CCC(c1cn2cccnc2n1)n1cnc2nccnc2c1=O. The largest absolute Gasteiger partial charge is 0.291 e. The number of hydrogen-bond acceptors (Lipinski definition) is 6. The second kappa shape index (κ2) is 5.24. The van der Waals surface area contributed by atoms with E-state index in [1.165, 1.54) is 18.7 Å². The third kappa shape index (κ3) is 2.15. The van der Waals surface area contributed by atoms with E-state index < -0.39 is 0 Å². The molecule has 0 amide bonds. The Labute approximate surface area is 130 Å². The van der Waals surface area contributed by atoms with Crippen LogP contribution >= 0.6 is 0 Å². The van der Waals surface area contributed by atoms with Crippen LogP contribution in [-0.2, 0) is 0 Å². The Morgan fingerprint density at radius 3 is 2.83 bits per heavy atom. The van der Waals surface area contributed by atoms with Crippen molar-refractivity contribution in [1.82, 2.24) is 33.9 Å². The minimum absolute atomic E-state index is 0.222. The number of aromatic nitrogens is 7. The average molecular weight is 307 g/mol. The van der Waals surface area contributed by atoms with E-state index in [4.69, 9.17) is 0 Å². The Kier molecular flexibility index (Phi) is 3.07. The molecule has 0 aliphatic carbocycles. The lowest BCUT2D eigenvalue weighted by atomic mass is 10.1. The highest BCUT2D eigenvalue weighted by atomic mass is 16.1. The molecule has 0 aliphatic rings. The summed E-state index contributed by atoms with van der Waals surface area (Å²) in [6, 6.07) is 1.60. The summed E-state index contributed by atoms with van der Waals surface area (Å²) in [5.74, 6) is 0.600. The van der Waals surface area contributed by atoms with Crippen molar-refractivity contribution in [1.29, 1.82) is 0 Å². The van der Waals surface area contributed by atoms with E-state index in [0.717, 1.165) is 5.69 Å². The second-order valence-corrected chi connectivity index (χ2v) is 5.10. The first-order chi connectivity index (χ1) is 11.3. The van der Waals surface area contributed by atoms with Crippen molar-refractivity contribution in [3.8, 4) is 0 Å². The molecule has 1 unspecified atom stereocenters. The Morgan fingerprint density at radius 1 is 1.13 bits per heavy atom. The molecule has 0 saturated heterocycles. The van der Waals surface area contributed by atoms with Gasteiger partial charge in [0.2, 0.25) is 5.78 Å². The van der Waals surface area contributed by atoms with Crippen LogP contribution in [0.5, 0.6) is 0 Å². The molecule has 4 heterocycles. The average Bonchev–Trinajstić information content (AvgIpc) is 3.01. The Morgan fingerprint density at radius 2 is 2.00 bits per heavy atom. The molecule has 4 aromatic rings. The summed E-state index contributed by atoms with van der Waals surface area (Å²) in [6.07, 6.45) is 10.6. The van der Waals surface area contributed by atoms with Crippen LogP contribution in [0.1, 0.15) is 25.1 Å². The fraction of sp³-hybridized carbons (Fsp3) is 0.200. The summed E-state index contributed by atoms with van der Waals surface area (Å²) in [4.78, 5) is 33.8. The van der Waals surface area contributed by atoms with Gasteiger partial charge < -0.3 is 0 Å². The molecule has 0 radical (unpaired) electrons. The van der Waals surface area contributed by atoms with Gasteiger partial charge in [-0.15, -0.1) is 0 Å². The van der Waals surface area contributed by atoms with Gasteiger partial charge in [-0.3, -0.25) is 13.8 Å². The number of fused-ring (bicyclic) bond motifs is 2. The summed E-state index contributed by atoms with van der Waals surface area (Å²) in [5, 5.41) is 0. The Hall–Kier alpha value is -3.16. The first kappa shape index (κ1) is 13.5. The number of nitrogens with zero attached hydrogens (tertiary/aromatic N) is 7. The third-order valence-corrected chi connectivity index (χ3v) is 3.74. The van der Waals surface area contributed by atoms with E-state index in [1.54, 1.807) is 10.8 Å². The standard InChI is InChI=1S/C15H13N7O/c1-2-11(10-8-21-7-3-4-18-15(21)20-10)22-9-19-13-12(14(22)23)16-5-6-17-13/h3-9,11H,2H2,1H3. The van der Waals surface area contributed by atoms with Crippen LogP contribution in [0.25, 0.3) is 16.9 Å². The van der Waals surface area contributed by atoms with Gasteiger partial charge in [-0.25, -0.2) is 24.9 Å². The summed E-state index contributed by atoms with van der Waals surface area (Å²) in [5.41, 5.74) is 1.15. The maximum atomic E-state index is 12.7. The molecule has 0 bridgehead atoms. The van der Waals surface area contributed by atoms with Crippen LogP contribution in [0.15, 0.2) is 48.2 Å². The Balaban J connectivity index is 1.89. The molecule has 0 saturated carbocycles. The van der Waals surface area contributed by atoms with Gasteiger partial charge in [0.1, 0.15) is 6.33 Å². The quantitative estimate of drug-likeness (QED) is 0.565. The van der Waals surface area contributed by atoms with Gasteiger partial charge >= 0.3 is 0 Å². The van der Waals surface area contributed by atoms with Gasteiger partial charge in [0, 0.05) is 31.0 Å². The van der Waals surface area contributed by atoms with Gasteiger partial charge in [-0.2, -0.15) is 0 Å². The lowest BCUT2D eigenvalue weighted by Gasteiger charge is -2.15. The number of hydrogen-bond donors (Lipinski definition) is 0. The monoisotopic (exact) mass is 307 g/mol.